The molecule has 2 fully saturated rings. The first kappa shape index (κ1) is 21.9. The number of piperidine rings is 2. The van der Waals surface area contributed by atoms with Crippen molar-refractivity contribution in [3.8, 4) is 0 Å². The van der Waals surface area contributed by atoms with Crippen molar-refractivity contribution in [2.24, 2.45) is 5.92 Å². The third kappa shape index (κ3) is 5.32. The van der Waals surface area contributed by atoms with Crippen molar-refractivity contribution in [2.75, 3.05) is 19.6 Å². The zero-order valence-electron chi connectivity index (χ0n) is 18.6. The minimum absolute atomic E-state index is 0.0950. The number of hydrogen-bond acceptors (Lipinski definition) is 5. The fraction of sp³-hybridized carbons (Fsp3) is 0.625. The van der Waals surface area contributed by atoms with Gasteiger partial charge in [-0.15, -0.1) is 10.2 Å². The van der Waals surface area contributed by atoms with Gasteiger partial charge >= 0.3 is 0 Å². The Morgan fingerprint density at radius 3 is 2.58 bits per heavy atom. The van der Waals surface area contributed by atoms with Gasteiger partial charge in [0.1, 0.15) is 11.9 Å². The Morgan fingerprint density at radius 1 is 1.10 bits per heavy atom. The van der Waals surface area contributed by atoms with Gasteiger partial charge in [0.2, 0.25) is 17.7 Å². The van der Waals surface area contributed by atoms with E-state index >= 15 is 0 Å². The molecule has 0 radical (unpaired) electrons. The van der Waals surface area contributed by atoms with E-state index < -0.39 is 0 Å². The second-order valence-corrected chi connectivity index (χ2v) is 9.32. The van der Waals surface area contributed by atoms with Gasteiger partial charge in [0.05, 0.1) is 0 Å². The Bertz CT molecular complexity index is 876. The van der Waals surface area contributed by atoms with E-state index in [2.05, 4.69) is 28.9 Å². The van der Waals surface area contributed by atoms with Gasteiger partial charge in [0, 0.05) is 31.0 Å². The van der Waals surface area contributed by atoms with Crippen LogP contribution in [-0.4, -0.2) is 45.5 Å². The molecule has 168 valence electrons. The lowest BCUT2D eigenvalue weighted by molar-refractivity contribution is -0.136. The Kier molecular flexibility index (Phi) is 7.00. The second-order valence-electron chi connectivity index (χ2n) is 9.32. The fourth-order valence-corrected chi connectivity index (χ4v) is 4.71. The first-order chi connectivity index (χ1) is 15.0. The Morgan fingerprint density at radius 2 is 1.84 bits per heavy atom. The zero-order chi connectivity index (χ0) is 21.8. The molecule has 0 unspecified atom stereocenters. The number of aromatic nitrogens is 2. The van der Waals surface area contributed by atoms with Crippen LogP contribution in [0.4, 0.5) is 4.39 Å². The van der Waals surface area contributed by atoms with Crippen LogP contribution in [-0.2, 0) is 11.3 Å². The van der Waals surface area contributed by atoms with Gasteiger partial charge in [-0.1, -0.05) is 32.0 Å². The molecule has 1 aromatic carbocycles. The van der Waals surface area contributed by atoms with Gasteiger partial charge in [0.25, 0.3) is 0 Å². The molecular formula is C24H33FN4O2. The molecule has 2 aliphatic rings. The molecule has 31 heavy (non-hydrogen) atoms. The van der Waals surface area contributed by atoms with E-state index in [-0.39, 0.29) is 23.7 Å². The maximum atomic E-state index is 13.9. The van der Waals surface area contributed by atoms with E-state index in [0.29, 0.717) is 30.7 Å². The van der Waals surface area contributed by atoms with Crippen LogP contribution in [0.3, 0.4) is 0 Å². The summed E-state index contributed by atoms with van der Waals surface area (Å²) in [6.45, 7) is 7.28. The summed E-state index contributed by atoms with van der Waals surface area (Å²) >= 11 is 0. The number of carbonyl (C=O) groups is 1. The van der Waals surface area contributed by atoms with Gasteiger partial charge < -0.3 is 9.32 Å². The summed E-state index contributed by atoms with van der Waals surface area (Å²) in [7, 11) is 0. The lowest BCUT2D eigenvalue weighted by Crippen LogP contribution is -2.39. The molecule has 0 aliphatic carbocycles. The monoisotopic (exact) mass is 428 g/mol. The van der Waals surface area contributed by atoms with Gasteiger partial charge in [-0.2, -0.15) is 0 Å². The molecule has 2 aliphatic heterocycles. The molecule has 0 saturated carbocycles. The maximum Gasteiger partial charge on any atom is 0.238 e. The zero-order valence-corrected chi connectivity index (χ0v) is 18.6. The van der Waals surface area contributed by atoms with Crippen LogP contribution < -0.4 is 0 Å². The quantitative estimate of drug-likeness (QED) is 0.668. The van der Waals surface area contributed by atoms with Crippen molar-refractivity contribution in [1.82, 2.24) is 20.0 Å². The van der Waals surface area contributed by atoms with Gasteiger partial charge in [0.15, 0.2) is 0 Å². The number of benzene rings is 1. The van der Waals surface area contributed by atoms with Gasteiger partial charge in [-0.05, 0) is 57.2 Å². The minimum Gasteiger partial charge on any atom is -0.423 e. The van der Waals surface area contributed by atoms with E-state index in [1.165, 1.54) is 6.07 Å². The molecule has 1 amide bonds. The second kappa shape index (κ2) is 9.90. The Hall–Kier alpha value is -2.28. The summed E-state index contributed by atoms with van der Waals surface area (Å²) in [4.78, 5) is 16.9. The first-order valence-corrected chi connectivity index (χ1v) is 11.6. The van der Waals surface area contributed by atoms with Crippen molar-refractivity contribution in [3.05, 3.63) is 47.4 Å². The summed E-state index contributed by atoms with van der Waals surface area (Å²) in [6, 6.07) is 6.88. The van der Waals surface area contributed by atoms with Crippen LogP contribution >= 0.6 is 0 Å². The van der Waals surface area contributed by atoms with Gasteiger partial charge in [-0.3, -0.25) is 9.69 Å². The van der Waals surface area contributed by atoms with Crippen molar-refractivity contribution < 1.29 is 13.6 Å². The average Bonchev–Trinajstić information content (AvgIpc) is 3.25. The van der Waals surface area contributed by atoms with Crippen LogP contribution in [0.15, 0.2) is 28.7 Å². The lowest BCUT2D eigenvalue weighted by atomic mass is 9.96. The topological polar surface area (TPSA) is 62.5 Å². The maximum absolute atomic E-state index is 13.9. The minimum atomic E-state index is -0.143. The predicted octanol–water partition coefficient (Wildman–Crippen LogP) is 4.69. The summed E-state index contributed by atoms with van der Waals surface area (Å²) in [6.07, 6.45) is 5.36. The molecule has 1 aromatic heterocycles. The van der Waals surface area contributed by atoms with Crippen LogP contribution in [0.25, 0.3) is 0 Å². The van der Waals surface area contributed by atoms with Crippen LogP contribution in [0, 0.1) is 11.7 Å². The molecule has 6 nitrogen and oxygen atoms in total. The summed E-state index contributed by atoms with van der Waals surface area (Å²) < 4.78 is 20.1. The Labute approximate surface area is 183 Å². The normalized spacial score (nSPS) is 21.0. The third-order valence-electron chi connectivity index (χ3n) is 6.44. The third-order valence-corrected chi connectivity index (χ3v) is 6.44. The number of hydrogen-bond donors (Lipinski definition) is 0. The number of nitrogens with zero attached hydrogens (tertiary/aromatic N) is 4. The van der Waals surface area contributed by atoms with E-state index in [1.807, 2.05) is 17.0 Å². The number of halogens is 1. The highest BCUT2D eigenvalue weighted by atomic mass is 19.1. The molecule has 0 N–H and O–H groups in total. The summed E-state index contributed by atoms with van der Waals surface area (Å²) in [5, 5.41) is 8.71. The highest BCUT2D eigenvalue weighted by molar-refractivity contribution is 5.76. The Balaban J connectivity index is 1.36. The van der Waals surface area contributed by atoms with E-state index in [4.69, 9.17) is 4.42 Å². The van der Waals surface area contributed by atoms with Crippen LogP contribution in [0.2, 0.25) is 0 Å². The van der Waals surface area contributed by atoms with Crippen molar-refractivity contribution in [1.29, 1.82) is 0 Å². The van der Waals surface area contributed by atoms with E-state index in [1.54, 1.807) is 6.07 Å². The molecule has 2 saturated heterocycles. The highest BCUT2D eigenvalue weighted by Crippen LogP contribution is 2.34. The SMILES string of the molecule is CC(C)CC(=O)N1CCCC[C@@H]1c1nnc(C2CCN(Cc3ccccc3F)CC2)o1. The summed E-state index contributed by atoms with van der Waals surface area (Å²) in [5.74, 6) is 1.86. The molecule has 4 rings (SSSR count). The standard InChI is InChI=1S/C24H33FN4O2/c1-17(2)15-22(30)29-12-6-5-9-21(29)24-27-26-23(31-24)18-10-13-28(14-11-18)16-19-7-3-4-8-20(19)25/h3-4,7-8,17-18,21H,5-6,9-16H2,1-2H3/t21-/m1/s1. The smallest absolute Gasteiger partial charge is 0.238 e. The van der Waals surface area contributed by atoms with E-state index in [9.17, 15) is 9.18 Å². The summed E-state index contributed by atoms with van der Waals surface area (Å²) in [5.41, 5.74) is 0.740. The molecule has 3 heterocycles. The molecule has 0 bridgehead atoms. The first-order valence-electron chi connectivity index (χ1n) is 11.6. The van der Waals surface area contributed by atoms with Crippen LogP contribution in [0.1, 0.15) is 81.7 Å². The number of rotatable bonds is 6. The number of amides is 1. The van der Waals surface area contributed by atoms with Crippen molar-refractivity contribution in [3.63, 3.8) is 0 Å². The largest absolute Gasteiger partial charge is 0.423 e. The highest BCUT2D eigenvalue weighted by Gasteiger charge is 2.33. The molecule has 2 aromatic rings. The molecule has 7 heteroatoms. The lowest BCUT2D eigenvalue weighted by Gasteiger charge is -2.34. The van der Waals surface area contributed by atoms with E-state index in [0.717, 1.165) is 57.3 Å². The molecule has 0 spiro atoms. The van der Waals surface area contributed by atoms with Crippen molar-refractivity contribution >= 4 is 5.91 Å². The number of likely N-dealkylation sites (tertiary alicyclic amines) is 2. The fourth-order valence-electron chi connectivity index (χ4n) is 4.71. The van der Waals surface area contributed by atoms with Gasteiger partial charge in [-0.25, -0.2) is 4.39 Å². The van der Waals surface area contributed by atoms with Crippen LogP contribution in [0.5, 0.6) is 0 Å². The number of carbonyl (C=O) groups excluding carboxylic acids is 1. The van der Waals surface area contributed by atoms with Crippen molar-refractivity contribution in [2.45, 2.75) is 70.9 Å². The molecular weight excluding hydrogens is 395 g/mol. The average molecular weight is 429 g/mol. The molecule has 1 atom stereocenters. The predicted molar refractivity (Wildman–Crippen MR) is 116 cm³/mol.